The van der Waals surface area contributed by atoms with Crippen molar-refractivity contribution in [3.05, 3.63) is 39.8 Å². The minimum absolute atomic E-state index is 0.0947. The summed E-state index contributed by atoms with van der Waals surface area (Å²) in [5, 5.41) is 14.0. The Hall–Kier alpha value is -3.41. The first-order valence-electron chi connectivity index (χ1n) is 12.8. The molecule has 1 aromatic heterocycles. The molecular weight excluding hydrogens is 586 g/mol. The third kappa shape index (κ3) is 8.30. The molecule has 220 valence electrons. The van der Waals surface area contributed by atoms with Crippen LogP contribution in [0.1, 0.15) is 86.1 Å². The van der Waals surface area contributed by atoms with Gasteiger partial charge < -0.3 is 19.4 Å². The largest absolute Gasteiger partial charge is 0.618 e. The lowest BCUT2D eigenvalue weighted by Gasteiger charge is -2.30. The van der Waals surface area contributed by atoms with Crippen molar-refractivity contribution in [1.82, 2.24) is 4.90 Å². The summed E-state index contributed by atoms with van der Waals surface area (Å²) in [6.07, 6.45) is -1.87. The van der Waals surface area contributed by atoms with Gasteiger partial charge in [0.2, 0.25) is 0 Å². The van der Waals surface area contributed by atoms with Crippen LogP contribution in [0.3, 0.4) is 0 Å². The topological polar surface area (TPSA) is 129 Å². The fourth-order valence-electron chi connectivity index (χ4n) is 3.53. The standard InChI is InChI=1S/C28H38BrN3O8/c1-11-15-30(23(34)38-26(2,3)4)22(33)21-20(17-13-12-14-19(29)18(17)16-31(21)37)32(24(35)39-27(5,6)7)25(36)40-28(8,9)10/h12-14,16H,11,15H2,1-10H3. The Morgan fingerprint density at radius 3 is 1.75 bits per heavy atom. The lowest BCUT2D eigenvalue weighted by atomic mass is 10.1. The maximum Gasteiger partial charge on any atom is 0.424 e. The zero-order valence-electron chi connectivity index (χ0n) is 24.7. The van der Waals surface area contributed by atoms with E-state index in [9.17, 15) is 24.4 Å². The molecule has 0 N–H and O–H groups in total. The first-order chi connectivity index (χ1) is 18.2. The summed E-state index contributed by atoms with van der Waals surface area (Å²) in [4.78, 5) is 55.6. The maximum atomic E-state index is 14.0. The minimum Gasteiger partial charge on any atom is -0.618 e. The van der Waals surface area contributed by atoms with Gasteiger partial charge in [0.25, 0.3) is 0 Å². The minimum atomic E-state index is -1.18. The molecule has 0 bridgehead atoms. The van der Waals surface area contributed by atoms with Crippen molar-refractivity contribution >= 4 is 56.6 Å². The van der Waals surface area contributed by atoms with E-state index >= 15 is 0 Å². The van der Waals surface area contributed by atoms with E-state index in [1.807, 2.05) is 0 Å². The number of carbonyl (C=O) groups excluding carboxylic acids is 4. The number of benzene rings is 1. The molecule has 2 rings (SSSR count). The number of rotatable bonds is 4. The maximum absolute atomic E-state index is 14.0. The van der Waals surface area contributed by atoms with Crippen LogP contribution in [0.25, 0.3) is 10.8 Å². The fourth-order valence-corrected chi connectivity index (χ4v) is 4.00. The molecule has 2 aromatic rings. The van der Waals surface area contributed by atoms with E-state index in [1.165, 1.54) is 6.07 Å². The average molecular weight is 625 g/mol. The highest BCUT2D eigenvalue weighted by molar-refractivity contribution is 9.10. The third-order valence-corrected chi connectivity index (χ3v) is 5.58. The molecule has 11 nitrogen and oxygen atoms in total. The number of hydrogen-bond acceptors (Lipinski definition) is 8. The Labute approximate surface area is 243 Å². The van der Waals surface area contributed by atoms with E-state index in [1.54, 1.807) is 81.4 Å². The molecule has 4 amide bonds. The number of halogens is 1. The number of pyridine rings is 1. The van der Waals surface area contributed by atoms with E-state index < -0.39 is 52.4 Å². The summed E-state index contributed by atoms with van der Waals surface area (Å²) in [7, 11) is 0. The molecule has 0 atom stereocenters. The van der Waals surface area contributed by atoms with E-state index in [0.717, 1.165) is 11.1 Å². The van der Waals surface area contributed by atoms with Gasteiger partial charge in [-0.15, -0.1) is 0 Å². The Morgan fingerprint density at radius 2 is 1.30 bits per heavy atom. The summed E-state index contributed by atoms with van der Waals surface area (Å²) >= 11 is 3.39. The van der Waals surface area contributed by atoms with Crippen LogP contribution >= 0.6 is 15.9 Å². The zero-order chi connectivity index (χ0) is 30.8. The highest BCUT2D eigenvalue weighted by Gasteiger charge is 2.43. The third-order valence-electron chi connectivity index (χ3n) is 4.88. The molecule has 12 heteroatoms. The molecule has 0 aliphatic carbocycles. The fraction of sp³-hybridized carbons (Fsp3) is 0.536. The molecule has 40 heavy (non-hydrogen) atoms. The average Bonchev–Trinajstić information content (AvgIpc) is 2.74. The van der Waals surface area contributed by atoms with Crippen molar-refractivity contribution in [2.75, 3.05) is 11.4 Å². The van der Waals surface area contributed by atoms with Gasteiger partial charge in [0.1, 0.15) is 22.5 Å². The Morgan fingerprint density at radius 1 is 0.825 bits per heavy atom. The molecule has 0 unspecified atom stereocenters. The molecule has 1 aromatic carbocycles. The van der Waals surface area contributed by atoms with Crippen LogP contribution in [-0.4, -0.2) is 52.4 Å². The molecule has 0 radical (unpaired) electrons. The van der Waals surface area contributed by atoms with Gasteiger partial charge in [-0.05, 0) is 90.7 Å². The van der Waals surface area contributed by atoms with Crippen molar-refractivity contribution < 1.29 is 38.1 Å². The van der Waals surface area contributed by atoms with E-state index in [0.29, 0.717) is 21.2 Å². The molecule has 1 heterocycles. The van der Waals surface area contributed by atoms with Crippen molar-refractivity contribution in [3.63, 3.8) is 0 Å². The predicted molar refractivity (Wildman–Crippen MR) is 153 cm³/mol. The van der Waals surface area contributed by atoms with Crippen LogP contribution in [0.15, 0.2) is 28.9 Å². The Kier molecular flexibility index (Phi) is 9.83. The highest BCUT2D eigenvalue weighted by atomic mass is 79.9. The normalized spacial score (nSPS) is 12.1. The number of nitrogens with zero attached hydrogens (tertiary/aromatic N) is 3. The molecule has 0 aliphatic rings. The number of imide groups is 2. The molecule has 0 spiro atoms. The first-order valence-corrected chi connectivity index (χ1v) is 13.6. The summed E-state index contributed by atoms with van der Waals surface area (Å²) in [5.41, 5.74) is -4.10. The van der Waals surface area contributed by atoms with Crippen LogP contribution in [0.2, 0.25) is 0 Å². The van der Waals surface area contributed by atoms with Crippen molar-refractivity contribution in [3.8, 4) is 0 Å². The zero-order valence-corrected chi connectivity index (χ0v) is 26.3. The number of ether oxygens (including phenoxy) is 3. The molecule has 0 aliphatic heterocycles. The Bertz CT molecular complexity index is 1280. The van der Waals surface area contributed by atoms with Crippen LogP contribution in [0.5, 0.6) is 0 Å². The molecule has 0 saturated carbocycles. The van der Waals surface area contributed by atoms with Gasteiger partial charge >= 0.3 is 29.9 Å². The summed E-state index contributed by atoms with van der Waals surface area (Å²) < 4.78 is 17.1. The number of fused-ring (bicyclic) bond motifs is 1. The summed E-state index contributed by atoms with van der Waals surface area (Å²) in [6, 6.07) is 4.80. The van der Waals surface area contributed by atoms with Crippen LogP contribution in [0.4, 0.5) is 20.1 Å². The van der Waals surface area contributed by atoms with E-state index in [2.05, 4.69) is 15.9 Å². The van der Waals surface area contributed by atoms with Crippen molar-refractivity contribution in [2.45, 2.75) is 92.5 Å². The first kappa shape index (κ1) is 32.8. The number of anilines is 1. The lowest BCUT2D eigenvalue weighted by molar-refractivity contribution is -0.605. The second-order valence-electron chi connectivity index (χ2n) is 12.1. The number of amides is 4. The summed E-state index contributed by atoms with van der Waals surface area (Å²) in [5.74, 6) is -1.07. The molecule has 0 saturated heterocycles. The van der Waals surface area contributed by atoms with Gasteiger partial charge in [0, 0.05) is 16.4 Å². The number of hydrogen-bond donors (Lipinski definition) is 0. The smallest absolute Gasteiger partial charge is 0.424 e. The van der Waals surface area contributed by atoms with E-state index in [4.69, 9.17) is 14.2 Å². The molecular formula is C28H38BrN3O8. The SMILES string of the molecule is CCCN(C(=O)OC(C)(C)C)C(=O)c1c(N(C(=O)OC(C)(C)C)C(=O)OC(C)(C)C)c2cccc(Br)c2c[n+]1[O-]. The van der Waals surface area contributed by atoms with Gasteiger partial charge in [0.15, 0.2) is 6.20 Å². The van der Waals surface area contributed by atoms with Crippen LogP contribution in [-0.2, 0) is 14.2 Å². The van der Waals surface area contributed by atoms with E-state index in [-0.39, 0.29) is 16.7 Å². The summed E-state index contributed by atoms with van der Waals surface area (Å²) in [6.45, 7) is 16.2. The van der Waals surface area contributed by atoms with Gasteiger partial charge in [-0.3, -0.25) is 4.79 Å². The van der Waals surface area contributed by atoms with Crippen LogP contribution < -0.4 is 9.63 Å². The van der Waals surface area contributed by atoms with Gasteiger partial charge in [0.05, 0.1) is 5.39 Å². The van der Waals surface area contributed by atoms with Gasteiger partial charge in [-0.2, -0.15) is 9.63 Å². The lowest BCUT2D eigenvalue weighted by Crippen LogP contribution is -2.50. The number of aromatic nitrogens is 1. The van der Waals surface area contributed by atoms with Gasteiger partial charge in [-0.25, -0.2) is 19.3 Å². The quantitative estimate of drug-likeness (QED) is 0.209. The second kappa shape index (κ2) is 12.0. The highest BCUT2D eigenvalue weighted by Crippen LogP contribution is 2.35. The monoisotopic (exact) mass is 623 g/mol. The number of carbonyl (C=O) groups is 4. The predicted octanol–water partition coefficient (Wildman–Crippen LogP) is 6.70. The van der Waals surface area contributed by atoms with Crippen molar-refractivity contribution in [2.24, 2.45) is 0 Å². The second-order valence-corrected chi connectivity index (χ2v) is 12.9. The van der Waals surface area contributed by atoms with Crippen molar-refractivity contribution in [1.29, 1.82) is 0 Å². The van der Waals surface area contributed by atoms with Crippen LogP contribution in [0, 0.1) is 5.21 Å². The Balaban J connectivity index is 2.98. The van der Waals surface area contributed by atoms with Gasteiger partial charge in [-0.1, -0.05) is 19.1 Å². The molecule has 0 fully saturated rings.